The second-order valence-corrected chi connectivity index (χ2v) is 7.96. The van der Waals surface area contributed by atoms with Gasteiger partial charge in [0.25, 0.3) is 11.8 Å². The highest BCUT2D eigenvalue weighted by atomic mass is 32.2. The Morgan fingerprint density at radius 2 is 1.67 bits per heavy atom. The number of nitrogens with one attached hydrogen (secondary N) is 3. The van der Waals surface area contributed by atoms with E-state index in [-0.39, 0.29) is 11.3 Å². The standard InChI is InChI=1S/C24H22N4O4S/c1-31-20-9-5-6-17(21(20)32-2)23(30)28-27-22(29)16-12-10-15(11-13-16)14-33-24-25-18-7-3-4-8-19(18)26-24/h3-13H,14H2,1-2H3,(H,25,26)(H,27,29)(H,28,30). The van der Waals surface area contributed by atoms with Crippen molar-refractivity contribution in [2.24, 2.45) is 0 Å². The lowest BCUT2D eigenvalue weighted by Crippen LogP contribution is -2.41. The van der Waals surface area contributed by atoms with Crippen LogP contribution in [0.4, 0.5) is 0 Å². The van der Waals surface area contributed by atoms with Crippen LogP contribution in [0.3, 0.4) is 0 Å². The number of thioether (sulfide) groups is 1. The Morgan fingerprint density at radius 1 is 0.909 bits per heavy atom. The Morgan fingerprint density at radius 3 is 2.39 bits per heavy atom. The van der Waals surface area contributed by atoms with E-state index < -0.39 is 11.8 Å². The first-order valence-electron chi connectivity index (χ1n) is 10.1. The number of amides is 2. The molecule has 0 aliphatic rings. The van der Waals surface area contributed by atoms with Crippen molar-refractivity contribution in [2.75, 3.05) is 14.2 Å². The summed E-state index contributed by atoms with van der Waals surface area (Å²) in [4.78, 5) is 32.8. The second kappa shape index (κ2) is 10.1. The third kappa shape index (κ3) is 5.09. The van der Waals surface area contributed by atoms with Crippen LogP contribution in [0.5, 0.6) is 11.5 Å². The molecule has 0 saturated carbocycles. The Bertz CT molecular complexity index is 1250. The van der Waals surface area contributed by atoms with Crippen molar-refractivity contribution in [3.05, 3.63) is 83.4 Å². The summed E-state index contributed by atoms with van der Waals surface area (Å²) in [5.74, 6) is 0.471. The van der Waals surface area contributed by atoms with Gasteiger partial charge in [-0.3, -0.25) is 20.4 Å². The fourth-order valence-corrected chi connectivity index (χ4v) is 4.06. The maximum Gasteiger partial charge on any atom is 0.273 e. The Hall–Kier alpha value is -3.98. The molecule has 4 aromatic rings. The first kappa shape index (κ1) is 22.2. The number of carbonyl (C=O) groups excluding carboxylic acids is 2. The lowest BCUT2D eigenvalue weighted by Gasteiger charge is -2.13. The van der Waals surface area contributed by atoms with Gasteiger partial charge in [-0.15, -0.1) is 0 Å². The third-order valence-corrected chi connectivity index (χ3v) is 5.84. The van der Waals surface area contributed by atoms with Crippen LogP contribution >= 0.6 is 11.8 Å². The molecule has 0 spiro atoms. The number of nitrogens with zero attached hydrogens (tertiary/aromatic N) is 1. The van der Waals surface area contributed by atoms with Gasteiger partial charge in [0.1, 0.15) is 0 Å². The lowest BCUT2D eigenvalue weighted by molar-refractivity contribution is 0.0844. The Balaban J connectivity index is 1.33. The zero-order chi connectivity index (χ0) is 23.2. The summed E-state index contributed by atoms with van der Waals surface area (Å²) in [6.07, 6.45) is 0. The predicted molar refractivity (Wildman–Crippen MR) is 127 cm³/mol. The number of para-hydroxylation sites is 3. The van der Waals surface area contributed by atoms with Gasteiger partial charge in [0.2, 0.25) is 0 Å². The molecule has 33 heavy (non-hydrogen) atoms. The van der Waals surface area contributed by atoms with Crippen LogP contribution in [0.25, 0.3) is 11.0 Å². The van der Waals surface area contributed by atoms with E-state index in [0.717, 1.165) is 21.8 Å². The minimum absolute atomic E-state index is 0.245. The SMILES string of the molecule is COc1cccc(C(=O)NNC(=O)c2ccc(CSc3nc4ccccc4[nH]3)cc2)c1OC. The molecule has 0 aliphatic carbocycles. The molecule has 168 valence electrons. The number of fused-ring (bicyclic) bond motifs is 1. The fraction of sp³-hybridized carbons (Fsp3) is 0.125. The summed E-state index contributed by atoms with van der Waals surface area (Å²) in [6, 6.07) is 20.0. The highest BCUT2D eigenvalue weighted by molar-refractivity contribution is 7.98. The largest absolute Gasteiger partial charge is 0.493 e. The first-order chi connectivity index (χ1) is 16.1. The van der Waals surface area contributed by atoms with Gasteiger partial charge in [-0.25, -0.2) is 4.98 Å². The van der Waals surface area contributed by atoms with Crippen LogP contribution in [0, 0.1) is 0 Å². The van der Waals surface area contributed by atoms with Gasteiger partial charge in [0.05, 0.1) is 30.8 Å². The lowest BCUT2D eigenvalue weighted by atomic mass is 10.1. The summed E-state index contributed by atoms with van der Waals surface area (Å²) in [5.41, 5.74) is 8.47. The molecule has 0 fully saturated rings. The average molecular weight is 463 g/mol. The van der Waals surface area contributed by atoms with Gasteiger partial charge in [0, 0.05) is 11.3 Å². The van der Waals surface area contributed by atoms with Crippen molar-refractivity contribution in [3.8, 4) is 11.5 Å². The van der Waals surface area contributed by atoms with Crippen LogP contribution in [-0.2, 0) is 5.75 Å². The second-order valence-electron chi connectivity index (χ2n) is 6.99. The number of rotatable bonds is 7. The van der Waals surface area contributed by atoms with E-state index in [2.05, 4.69) is 20.8 Å². The molecule has 0 saturated heterocycles. The summed E-state index contributed by atoms with van der Waals surface area (Å²) in [6.45, 7) is 0. The van der Waals surface area contributed by atoms with Crippen molar-refractivity contribution in [1.29, 1.82) is 0 Å². The number of hydrazine groups is 1. The van der Waals surface area contributed by atoms with Crippen LogP contribution < -0.4 is 20.3 Å². The zero-order valence-corrected chi connectivity index (χ0v) is 18.9. The molecule has 0 bridgehead atoms. The molecular formula is C24H22N4O4S. The molecule has 0 aliphatic heterocycles. The van der Waals surface area contributed by atoms with Gasteiger partial charge >= 0.3 is 0 Å². The van der Waals surface area contributed by atoms with Gasteiger partial charge < -0.3 is 14.5 Å². The van der Waals surface area contributed by atoms with Crippen molar-refractivity contribution in [3.63, 3.8) is 0 Å². The van der Waals surface area contributed by atoms with E-state index in [1.165, 1.54) is 14.2 Å². The number of hydrogen-bond acceptors (Lipinski definition) is 6. The van der Waals surface area contributed by atoms with Gasteiger partial charge in [-0.1, -0.05) is 42.1 Å². The van der Waals surface area contributed by atoms with Crippen molar-refractivity contribution in [2.45, 2.75) is 10.9 Å². The molecule has 3 N–H and O–H groups in total. The molecule has 9 heteroatoms. The van der Waals surface area contributed by atoms with E-state index in [0.29, 0.717) is 17.1 Å². The number of benzene rings is 3. The smallest absolute Gasteiger partial charge is 0.273 e. The number of aromatic amines is 1. The molecule has 0 radical (unpaired) electrons. The highest BCUT2D eigenvalue weighted by Gasteiger charge is 2.17. The van der Waals surface area contributed by atoms with Crippen LogP contribution in [0.15, 0.2) is 71.9 Å². The predicted octanol–water partition coefficient (Wildman–Crippen LogP) is 3.95. The highest BCUT2D eigenvalue weighted by Crippen LogP contribution is 2.30. The number of methoxy groups -OCH3 is 2. The third-order valence-electron chi connectivity index (χ3n) is 4.90. The molecule has 0 atom stereocenters. The number of hydrogen-bond donors (Lipinski definition) is 3. The summed E-state index contributed by atoms with van der Waals surface area (Å²) in [5, 5.41) is 0.841. The van der Waals surface area contributed by atoms with E-state index in [1.807, 2.05) is 36.4 Å². The number of aromatic nitrogens is 2. The topological polar surface area (TPSA) is 105 Å². The zero-order valence-electron chi connectivity index (χ0n) is 18.0. The molecular weight excluding hydrogens is 440 g/mol. The molecule has 1 heterocycles. The van der Waals surface area contributed by atoms with Crippen LogP contribution in [-0.4, -0.2) is 36.0 Å². The maximum absolute atomic E-state index is 12.5. The molecule has 2 amide bonds. The van der Waals surface area contributed by atoms with Crippen LogP contribution in [0.2, 0.25) is 0 Å². The Kier molecular flexibility index (Phi) is 6.80. The number of imidazole rings is 1. The maximum atomic E-state index is 12.5. The van der Waals surface area contributed by atoms with Gasteiger partial charge in [-0.2, -0.15) is 0 Å². The average Bonchev–Trinajstić information content (AvgIpc) is 3.28. The van der Waals surface area contributed by atoms with E-state index in [9.17, 15) is 9.59 Å². The number of H-pyrrole nitrogens is 1. The monoisotopic (exact) mass is 462 g/mol. The van der Waals surface area contributed by atoms with E-state index >= 15 is 0 Å². The molecule has 1 aromatic heterocycles. The quantitative estimate of drug-likeness (QED) is 0.284. The molecule has 0 unspecified atom stereocenters. The van der Waals surface area contributed by atoms with E-state index in [4.69, 9.17) is 9.47 Å². The summed E-state index contributed by atoms with van der Waals surface area (Å²) < 4.78 is 10.5. The molecule has 4 rings (SSSR count). The van der Waals surface area contributed by atoms with E-state index in [1.54, 1.807) is 42.1 Å². The Labute approximate surface area is 194 Å². The number of carbonyl (C=O) groups is 2. The van der Waals surface area contributed by atoms with Crippen molar-refractivity contribution in [1.82, 2.24) is 20.8 Å². The van der Waals surface area contributed by atoms with Gasteiger partial charge in [-0.05, 0) is 42.0 Å². The fourth-order valence-electron chi connectivity index (χ4n) is 3.22. The van der Waals surface area contributed by atoms with Crippen molar-refractivity contribution < 1.29 is 19.1 Å². The summed E-state index contributed by atoms with van der Waals surface area (Å²) >= 11 is 1.59. The molecule has 3 aromatic carbocycles. The minimum atomic E-state index is -0.516. The molecule has 8 nitrogen and oxygen atoms in total. The summed E-state index contributed by atoms with van der Waals surface area (Å²) in [7, 11) is 2.93. The van der Waals surface area contributed by atoms with Gasteiger partial charge in [0.15, 0.2) is 16.7 Å². The number of ether oxygens (including phenoxy) is 2. The van der Waals surface area contributed by atoms with Crippen LogP contribution in [0.1, 0.15) is 26.3 Å². The van der Waals surface area contributed by atoms with Crippen molar-refractivity contribution >= 4 is 34.6 Å². The normalized spacial score (nSPS) is 10.6. The first-order valence-corrected chi connectivity index (χ1v) is 11.1. The minimum Gasteiger partial charge on any atom is -0.493 e.